The van der Waals surface area contributed by atoms with Crippen LogP contribution in [0.5, 0.6) is 5.75 Å². The van der Waals surface area contributed by atoms with Crippen molar-refractivity contribution in [1.82, 2.24) is 4.90 Å². The molecule has 0 radical (unpaired) electrons. The van der Waals surface area contributed by atoms with Crippen molar-refractivity contribution in [3.8, 4) is 11.8 Å². The van der Waals surface area contributed by atoms with Crippen molar-refractivity contribution >= 4 is 5.91 Å². The Hall–Kier alpha value is -3.84. The predicted molar refractivity (Wildman–Crippen MR) is 113 cm³/mol. The molecule has 3 aromatic rings. The minimum Gasteiger partial charge on any atom is -0.489 e. The number of hydrogen-bond acceptors (Lipinski definition) is 3. The lowest BCUT2D eigenvalue weighted by molar-refractivity contribution is 0.0738. The van der Waals surface area contributed by atoms with E-state index in [4.69, 9.17) is 4.74 Å². The number of nitrogens with zero attached hydrogens (tertiary/aromatic N) is 2. The highest BCUT2D eigenvalue weighted by Gasteiger charge is 2.25. The van der Waals surface area contributed by atoms with E-state index in [0.29, 0.717) is 17.9 Å². The van der Waals surface area contributed by atoms with Gasteiger partial charge in [-0.1, -0.05) is 66.7 Å². The summed E-state index contributed by atoms with van der Waals surface area (Å²) >= 11 is 0. The lowest BCUT2D eigenvalue weighted by atomic mass is 10.0. The Kier molecular flexibility index (Phi) is 6.80. The van der Waals surface area contributed by atoms with Gasteiger partial charge in [-0.2, -0.15) is 5.26 Å². The zero-order chi connectivity index (χ0) is 20.5. The van der Waals surface area contributed by atoms with Crippen LogP contribution in [0.25, 0.3) is 0 Å². The molecular weight excluding hydrogens is 360 g/mol. The first-order valence-electron chi connectivity index (χ1n) is 9.36. The number of carbonyl (C=O) groups is 1. The number of hydrogen-bond donors (Lipinski definition) is 0. The first-order chi connectivity index (χ1) is 14.2. The van der Waals surface area contributed by atoms with E-state index < -0.39 is 6.04 Å². The van der Waals surface area contributed by atoms with E-state index in [0.717, 1.165) is 11.1 Å². The van der Waals surface area contributed by atoms with Crippen LogP contribution < -0.4 is 4.74 Å². The van der Waals surface area contributed by atoms with Crippen LogP contribution in [0.2, 0.25) is 0 Å². The summed E-state index contributed by atoms with van der Waals surface area (Å²) in [6.45, 7) is 4.48. The third kappa shape index (κ3) is 5.12. The smallest absolute Gasteiger partial charge is 0.255 e. The zero-order valence-electron chi connectivity index (χ0n) is 16.1. The van der Waals surface area contributed by atoms with Crippen molar-refractivity contribution in [2.45, 2.75) is 12.6 Å². The number of nitriles is 1. The van der Waals surface area contributed by atoms with E-state index in [1.165, 1.54) is 4.90 Å². The molecule has 0 spiro atoms. The Morgan fingerprint density at radius 1 is 1.00 bits per heavy atom. The largest absolute Gasteiger partial charge is 0.489 e. The van der Waals surface area contributed by atoms with E-state index in [1.54, 1.807) is 30.3 Å². The van der Waals surface area contributed by atoms with E-state index in [-0.39, 0.29) is 12.5 Å². The number of ether oxygens (including phenoxy) is 1. The molecule has 3 aromatic carbocycles. The standard InChI is InChI=1S/C25H22N2O2/c1-2-17-27(25(28)22-11-7-4-8-12-22)24(18-26)21-13-15-23(16-14-21)29-19-20-9-5-3-6-10-20/h2-16,24H,1,17,19H2. The molecule has 1 amide bonds. The molecule has 0 saturated heterocycles. The van der Waals surface area contributed by atoms with Crippen LogP contribution in [0.1, 0.15) is 27.5 Å². The van der Waals surface area contributed by atoms with Gasteiger partial charge < -0.3 is 9.64 Å². The summed E-state index contributed by atoms with van der Waals surface area (Å²) in [7, 11) is 0. The summed E-state index contributed by atoms with van der Waals surface area (Å²) < 4.78 is 5.81. The maximum Gasteiger partial charge on any atom is 0.255 e. The summed E-state index contributed by atoms with van der Waals surface area (Å²) in [5.74, 6) is 0.500. The lowest BCUT2D eigenvalue weighted by Crippen LogP contribution is -2.34. The van der Waals surface area contributed by atoms with Crippen LogP contribution in [0.3, 0.4) is 0 Å². The minimum absolute atomic E-state index is 0.207. The van der Waals surface area contributed by atoms with Gasteiger partial charge in [-0.05, 0) is 35.4 Å². The molecule has 4 heteroatoms. The van der Waals surface area contributed by atoms with Crippen molar-refractivity contribution in [2.75, 3.05) is 6.54 Å². The van der Waals surface area contributed by atoms with E-state index >= 15 is 0 Å². The highest BCUT2D eigenvalue weighted by atomic mass is 16.5. The monoisotopic (exact) mass is 382 g/mol. The number of rotatable bonds is 8. The van der Waals surface area contributed by atoms with Crippen LogP contribution >= 0.6 is 0 Å². The highest BCUT2D eigenvalue weighted by molar-refractivity contribution is 5.94. The average molecular weight is 382 g/mol. The molecule has 0 bridgehead atoms. The van der Waals surface area contributed by atoms with Gasteiger partial charge in [0.2, 0.25) is 0 Å². The quantitative estimate of drug-likeness (QED) is 0.506. The third-order valence-electron chi connectivity index (χ3n) is 4.49. The fourth-order valence-electron chi connectivity index (χ4n) is 3.00. The van der Waals surface area contributed by atoms with Crippen molar-refractivity contribution in [1.29, 1.82) is 5.26 Å². The summed E-state index contributed by atoms with van der Waals surface area (Å²) in [4.78, 5) is 14.5. The molecule has 0 fully saturated rings. The first kappa shape index (κ1) is 19.9. The van der Waals surface area contributed by atoms with Crippen LogP contribution in [0.4, 0.5) is 0 Å². The summed E-state index contributed by atoms with van der Waals surface area (Å²) in [6.07, 6.45) is 1.63. The van der Waals surface area contributed by atoms with E-state index in [1.807, 2.05) is 60.7 Å². The topological polar surface area (TPSA) is 53.3 Å². The van der Waals surface area contributed by atoms with E-state index in [9.17, 15) is 10.1 Å². The van der Waals surface area contributed by atoms with Gasteiger partial charge in [0.15, 0.2) is 0 Å². The molecule has 29 heavy (non-hydrogen) atoms. The van der Waals surface area contributed by atoms with Gasteiger partial charge in [0.1, 0.15) is 18.4 Å². The Balaban J connectivity index is 1.76. The summed E-state index contributed by atoms with van der Waals surface area (Å²) in [6, 6.07) is 27.7. The van der Waals surface area contributed by atoms with Crippen molar-refractivity contribution in [3.05, 3.63) is 114 Å². The number of benzene rings is 3. The predicted octanol–water partition coefficient (Wildman–Crippen LogP) is 5.16. The van der Waals surface area contributed by atoms with Crippen molar-refractivity contribution in [3.63, 3.8) is 0 Å². The van der Waals surface area contributed by atoms with E-state index in [2.05, 4.69) is 12.6 Å². The average Bonchev–Trinajstić information content (AvgIpc) is 2.79. The van der Waals surface area contributed by atoms with Crippen LogP contribution in [-0.4, -0.2) is 17.4 Å². The second kappa shape index (κ2) is 9.91. The molecule has 0 saturated carbocycles. The second-order valence-electron chi connectivity index (χ2n) is 6.49. The number of carbonyl (C=O) groups excluding carboxylic acids is 1. The van der Waals surface area contributed by atoms with Crippen molar-refractivity contribution < 1.29 is 9.53 Å². The second-order valence-corrected chi connectivity index (χ2v) is 6.49. The molecule has 4 nitrogen and oxygen atoms in total. The van der Waals surface area contributed by atoms with Gasteiger partial charge in [-0.15, -0.1) is 6.58 Å². The lowest BCUT2D eigenvalue weighted by Gasteiger charge is -2.26. The van der Waals surface area contributed by atoms with Gasteiger partial charge in [-0.25, -0.2) is 0 Å². The van der Waals surface area contributed by atoms with Gasteiger partial charge in [0.05, 0.1) is 6.07 Å². The van der Waals surface area contributed by atoms with Gasteiger partial charge in [0.25, 0.3) is 5.91 Å². The summed E-state index contributed by atoms with van der Waals surface area (Å²) in [5.41, 5.74) is 2.35. The molecule has 0 aliphatic carbocycles. The first-order valence-corrected chi connectivity index (χ1v) is 9.36. The molecule has 1 unspecified atom stereocenters. The molecular formula is C25H22N2O2. The Morgan fingerprint density at radius 2 is 1.62 bits per heavy atom. The minimum atomic E-state index is -0.719. The molecule has 3 rings (SSSR count). The molecule has 0 heterocycles. The maximum atomic E-state index is 12.9. The Labute approximate surface area is 171 Å². The molecule has 144 valence electrons. The highest BCUT2D eigenvalue weighted by Crippen LogP contribution is 2.25. The molecule has 0 aromatic heterocycles. The fraction of sp³-hybridized carbons (Fsp3) is 0.120. The maximum absolute atomic E-state index is 12.9. The fourth-order valence-corrected chi connectivity index (χ4v) is 3.00. The molecule has 0 aliphatic rings. The van der Waals surface area contributed by atoms with Gasteiger partial charge in [-0.3, -0.25) is 4.79 Å². The SMILES string of the molecule is C=CCN(C(=O)c1ccccc1)C(C#N)c1ccc(OCc2ccccc2)cc1. The van der Waals surface area contributed by atoms with Gasteiger partial charge >= 0.3 is 0 Å². The molecule has 0 N–H and O–H groups in total. The number of amides is 1. The third-order valence-corrected chi connectivity index (χ3v) is 4.49. The van der Waals surface area contributed by atoms with Crippen LogP contribution in [0.15, 0.2) is 97.6 Å². The Bertz CT molecular complexity index is 977. The molecule has 0 aliphatic heterocycles. The van der Waals surface area contributed by atoms with Crippen LogP contribution in [0, 0.1) is 11.3 Å². The zero-order valence-corrected chi connectivity index (χ0v) is 16.1. The summed E-state index contributed by atoms with van der Waals surface area (Å²) in [5, 5.41) is 9.78. The van der Waals surface area contributed by atoms with Crippen molar-refractivity contribution in [2.24, 2.45) is 0 Å². The normalized spacial score (nSPS) is 11.1. The molecule has 1 atom stereocenters. The van der Waals surface area contributed by atoms with Crippen LogP contribution in [-0.2, 0) is 6.61 Å². The Morgan fingerprint density at radius 3 is 2.21 bits per heavy atom. The van der Waals surface area contributed by atoms with Gasteiger partial charge in [0, 0.05) is 12.1 Å².